The third-order valence-corrected chi connectivity index (χ3v) is 3.03. The Hall–Kier alpha value is -1.46. The van der Waals surface area contributed by atoms with Crippen LogP contribution in [0.2, 0.25) is 0 Å². The number of phenols is 1. The number of benzene rings is 1. The molecule has 21 heavy (non-hydrogen) atoms. The van der Waals surface area contributed by atoms with Crippen LogP contribution in [0.4, 0.5) is 4.79 Å². The Morgan fingerprint density at radius 1 is 1.33 bits per heavy atom. The van der Waals surface area contributed by atoms with Crippen LogP contribution in [0.3, 0.4) is 0 Å². The number of aromatic hydroxyl groups is 1. The average molecular weight is 316 g/mol. The van der Waals surface area contributed by atoms with Crippen molar-refractivity contribution in [1.82, 2.24) is 5.32 Å². The van der Waals surface area contributed by atoms with Crippen LogP contribution in [0.15, 0.2) is 24.3 Å². The van der Waals surface area contributed by atoms with Gasteiger partial charge in [0.05, 0.1) is 18.0 Å². The van der Waals surface area contributed by atoms with Gasteiger partial charge in [0, 0.05) is 0 Å². The zero-order valence-electron chi connectivity index (χ0n) is 12.5. The number of amides is 1. The largest absolute Gasteiger partial charge is 0.508 e. The summed E-state index contributed by atoms with van der Waals surface area (Å²) < 4.78 is 5.18. The number of alkyl carbamates (subject to hydrolysis) is 1. The predicted molar refractivity (Wildman–Crippen MR) is 81.7 cm³/mol. The molecule has 2 atom stereocenters. The van der Waals surface area contributed by atoms with Crippen molar-refractivity contribution in [2.24, 2.45) is 0 Å². The van der Waals surface area contributed by atoms with Gasteiger partial charge in [-0.25, -0.2) is 4.79 Å². The summed E-state index contributed by atoms with van der Waals surface area (Å²) in [6.07, 6.45) is -1.11. The standard InChI is InChI=1S/C15H22ClNO4/c1-15(2,3)21-14(20)17-12(13(19)9-16)8-10-4-6-11(18)7-5-10/h4-7,12-13,18-19H,8-9H2,1-3H3,(H,17,20)/t12-,13+/m0/s1. The summed E-state index contributed by atoms with van der Waals surface area (Å²) in [5.74, 6) is 0.159. The number of alkyl halides is 1. The molecule has 1 aromatic carbocycles. The Balaban J connectivity index is 2.72. The number of hydrogen-bond donors (Lipinski definition) is 3. The van der Waals surface area contributed by atoms with E-state index in [0.29, 0.717) is 6.42 Å². The number of nitrogens with one attached hydrogen (secondary N) is 1. The predicted octanol–water partition coefficient (Wildman–Crippen LogP) is 2.43. The molecule has 0 unspecified atom stereocenters. The molecule has 0 spiro atoms. The van der Waals surface area contributed by atoms with E-state index in [4.69, 9.17) is 16.3 Å². The minimum atomic E-state index is -0.895. The van der Waals surface area contributed by atoms with Gasteiger partial charge in [-0.15, -0.1) is 11.6 Å². The molecular weight excluding hydrogens is 294 g/mol. The van der Waals surface area contributed by atoms with Gasteiger partial charge >= 0.3 is 6.09 Å². The summed E-state index contributed by atoms with van der Waals surface area (Å²) in [5, 5.41) is 21.8. The molecule has 0 fully saturated rings. The van der Waals surface area contributed by atoms with Crippen LogP contribution < -0.4 is 5.32 Å². The first-order chi connectivity index (χ1) is 9.71. The van der Waals surface area contributed by atoms with E-state index in [0.717, 1.165) is 5.56 Å². The zero-order chi connectivity index (χ0) is 16.0. The highest BCUT2D eigenvalue weighted by atomic mass is 35.5. The minimum absolute atomic E-state index is 0.00144. The molecular formula is C15H22ClNO4. The molecule has 6 heteroatoms. The van der Waals surface area contributed by atoms with Gasteiger partial charge in [0.15, 0.2) is 0 Å². The Morgan fingerprint density at radius 2 is 1.90 bits per heavy atom. The lowest BCUT2D eigenvalue weighted by Gasteiger charge is -2.26. The van der Waals surface area contributed by atoms with Crippen molar-refractivity contribution < 1.29 is 19.7 Å². The number of hydrogen-bond acceptors (Lipinski definition) is 4. The molecule has 0 aliphatic rings. The number of rotatable bonds is 5. The van der Waals surface area contributed by atoms with E-state index in [1.807, 2.05) is 0 Å². The second kappa shape index (κ2) is 7.52. The number of carbonyl (C=O) groups is 1. The van der Waals surface area contributed by atoms with Crippen LogP contribution in [0.25, 0.3) is 0 Å². The van der Waals surface area contributed by atoms with Crippen molar-refractivity contribution in [1.29, 1.82) is 0 Å². The summed E-state index contributed by atoms with van der Waals surface area (Å²) in [5.41, 5.74) is 0.247. The molecule has 0 saturated heterocycles. The van der Waals surface area contributed by atoms with E-state index in [1.165, 1.54) is 0 Å². The second-order valence-corrected chi connectivity index (χ2v) is 6.15. The van der Waals surface area contributed by atoms with Gasteiger partial charge in [0.25, 0.3) is 0 Å². The van der Waals surface area contributed by atoms with E-state index in [-0.39, 0.29) is 11.6 Å². The molecule has 1 rings (SSSR count). The molecule has 1 aromatic rings. The number of halogens is 1. The number of ether oxygens (including phenoxy) is 1. The highest BCUT2D eigenvalue weighted by molar-refractivity contribution is 6.18. The van der Waals surface area contributed by atoms with Crippen LogP contribution in [0, 0.1) is 0 Å². The minimum Gasteiger partial charge on any atom is -0.508 e. The topological polar surface area (TPSA) is 78.8 Å². The Labute approximate surface area is 129 Å². The number of phenolic OH excluding ortho intramolecular Hbond substituents is 1. The third kappa shape index (κ3) is 6.69. The highest BCUT2D eigenvalue weighted by Gasteiger charge is 2.24. The van der Waals surface area contributed by atoms with Gasteiger partial charge in [-0.2, -0.15) is 0 Å². The van der Waals surface area contributed by atoms with Crippen LogP contribution in [0.5, 0.6) is 5.75 Å². The van der Waals surface area contributed by atoms with Crippen LogP contribution >= 0.6 is 11.6 Å². The SMILES string of the molecule is CC(C)(C)OC(=O)N[C@@H](Cc1ccc(O)cc1)[C@H](O)CCl. The maximum atomic E-state index is 11.8. The van der Waals surface area contributed by atoms with Gasteiger partial charge in [-0.3, -0.25) is 0 Å². The fourth-order valence-corrected chi connectivity index (χ4v) is 1.95. The van der Waals surface area contributed by atoms with E-state index in [2.05, 4.69) is 5.32 Å². The molecule has 5 nitrogen and oxygen atoms in total. The third-order valence-electron chi connectivity index (χ3n) is 2.72. The Bertz CT molecular complexity index is 456. The van der Waals surface area contributed by atoms with Gasteiger partial charge in [-0.05, 0) is 44.9 Å². The van der Waals surface area contributed by atoms with Crippen LogP contribution in [0.1, 0.15) is 26.3 Å². The summed E-state index contributed by atoms with van der Waals surface area (Å²) >= 11 is 5.67. The lowest BCUT2D eigenvalue weighted by atomic mass is 10.0. The van der Waals surface area contributed by atoms with Crippen LogP contribution in [-0.4, -0.2) is 39.9 Å². The molecule has 0 aromatic heterocycles. The maximum absolute atomic E-state index is 11.8. The van der Waals surface area contributed by atoms with E-state index in [9.17, 15) is 15.0 Å². The smallest absolute Gasteiger partial charge is 0.407 e. The van der Waals surface area contributed by atoms with Crippen molar-refractivity contribution in [2.75, 3.05) is 5.88 Å². The second-order valence-electron chi connectivity index (χ2n) is 5.84. The molecule has 0 bridgehead atoms. The Kier molecular flexibility index (Phi) is 6.30. The Morgan fingerprint density at radius 3 is 2.38 bits per heavy atom. The van der Waals surface area contributed by atoms with Gasteiger partial charge < -0.3 is 20.3 Å². The molecule has 3 N–H and O–H groups in total. The van der Waals surface area contributed by atoms with E-state index < -0.39 is 23.8 Å². The van der Waals surface area contributed by atoms with Gasteiger partial charge in [0.1, 0.15) is 11.4 Å². The summed E-state index contributed by atoms with van der Waals surface area (Å²) in [4.78, 5) is 11.8. The molecule has 118 valence electrons. The van der Waals surface area contributed by atoms with Gasteiger partial charge in [-0.1, -0.05) is 12.1 Å². The lowest BCUT2D eigenvalue weighted by molar-refractivity contribution is 0.0440. The number of carbonyl (C=O) groups excluding carboxylic acids is 1. The van der Waals surface area contributed by atoms with Crippen molar-refractivity contribution in [3.8, 4) is 5.75 Å². The van der Waals surface area contributed by atoms with E-state index >= 15 is 0 Å². The van der Waals surface area contributed by atoms with E-state index in [1.54, 1.807) is 45.0 Å². The number of aliphatic hydroxyl groups excluding tert-OH is 1. The van der Waals surface area contributed by atoms with Gasteiger partial charge in [0.2, 0.25) is 0 Å². The van der Waals surface area contributed by atoms with Crippen LogP contribution in [-0.2, 0) is 11.2 Å². The van der Waals surface area contributed by atoms with Crippen molar-refractivity contribution in [2.45, 2.75) is 44.9 Å². The first-order valence-corrected chi connectivity index (χ1v) is 7.26. The average Bonchev–Trinajstić information content (AvgIpc) is 2.37. The lowest BCUT2D eigenvalue weighted by Crippen LogP contribution is -2.47. The monoisotopic (exact) mass is 315 g/mol. The molecule has 0 aliphatic heterocycles. The van der Waals surface area contributed by atoms with Crippen molar-refractivity contribution in [3.05, 3.63) is 29.8 Å². The quantitative estimate of drug-likeness (QED) is 0.729. The summed E-state index contributed by atoms with van der Waals surface area (Å²) in [6.45, 7) is 5.29. The first-order valence-electron chi connectivity index (χ1n) is 6.72. The van der Waals surface area contributed by atoms with Crippen molar-refractivity contribution in [3.63, 3.8) is 0 Å². The normalized spacial score (nSPS) is 14.3. The maximum Gasteiger partial charge on any atom is 0.407 e. The first kappa shape index (κ1) is 17.6. The highest BCUT2D eigenvalue weighted by Crippen LogP contribution is 2.14. The molecule has 0 aliphatic carbocycles. The zero-order valence-corrected chi connectivity index (χ0v) is 13.2. The van der Waals surface area contributed by atoms with Crippen molar-refractivity contribution >= 4 is 17.7 Å². The number of aliphatic hydroxyl groups is 1. The molecule has 0 heterocycles. The molecule has 0 saturated carbocycles. The molecule has 0 radical (unpaired) electrons. The fourth-order valence-electron chi connectivity index (χ4n) is 1.74. The summed E-state index contributed by atoms with van der Waals surface area (Å²) in [7, 11) is 0. The fraction of sp³-hybridized carbons (Fsp3) is 0.533. The molecule has 1 amide bonds. The summed E-state index contributed by atoms with van der Waals surface area (Å²) in [6, 6.07) is 5.97.